The Morgan fingerprint density at radius 3 is 2.43 bits per heavy atom. The Hall–Kier alpha value is -5.00. The van der Waals surface area contributed by atoms with Crippen molar-refractivity contribution >= 4 is 11.9 Å². The number of rotatable bonds is 4. The van der Waals surface area contributed by atoms with E-state index in [1.807, 2.05) is 13.0 Å². The van der Waals surface area contributed by atoms with Gasteiger partial charge in [0, 0.05) is 28.5 Å². The first-order valence-electron chi connectivity index (χ1n) is 14.4. The summed E-state index contributed by atoms with van der Waals surface area (Å²) in [4.78, 5) is 39.6. The van der Waals surface area contributed by atoms with E-state index in [4.69, 9.17) is 4.74 Å². The number of aryl methyl sites for hydroxylation is 2. The Balaban J connectivity index is 1.80. The van der Waals surface area contributed by atoms with Crippen LogP contribution in [0.1, 0.15) is 64.4 Å². The van der Waals surface area contributed by atoms with E-state index >= 15 is 8.78 Å². The quantitative estimate of drug-likeness (QED) is 0.239. The minimum atomic E-state index is -4.88. The molecule has 0 saturated heterocycles. The van der Waals surface area contributed by atoms with Gasteiger partial charge in [-0.25, -0.2) is 8.78 Å². The summed E-state index contributed by atoms with van der Waals surface area (Å²) < 4.78 is 79.4. The topological polar surface area (TPSA) is 97.6 Å². The number of alkyl halides is 3. The predicted octanol–water partition coefficient (Wildman–Crippen LogP) is 6.81. The van der Waals surface area contributed by atoms with Gasteiger partial charge in [0.2, 0.25) is 5.91 Å². The summed E-state index contributed by atoms with van der Waals surface area (Å²) in [7, 11) is 0. The second-order valence-corrected chi connectivity index (χ2v) is 11.1. The fraction of sp³-hybridized carbons (Fsp3) is 0.265. The summed E-state index contributed by atoms with van der Waals surface area (Å²) in [5, 5.41) is 12.2. The van der Waals surface area contributed by atoms with Gasteiger partial charge < -0.3 is 15.2 Å². The second kappa shape index (κ2) is 12.4. The van der Waals surface area contributed by atoms with Gasteiger partial charge in [-0.3, -0.25) is 19.0 Å². The summed E-state index contributed by atoms with van der Waals surface area (Å²) in [6.45, 7) is 4.49. The van der Waals surface area contributed by atoms with Crippen molar-refractivity contribution in [2.24, 2.45) is 0 Å². The Bertz CT molecular complexity index is 1920. The molecule has 12 heteroatoms. The Labute approximate surface area is 260 Å². The molecule has 2 atom stereocenters. The zero-order valence-electron chi connectivity index (χ0n) is 25.0. The van der Waals surface area contributed by atoms with Gasteiger partial charge in [0.1, 0.15) is 30.0 Å². The molecule has 4 aromatic rings. The minimum Gasteiger partial charge on any atom is -0.488 e. The maximum atomic E-state index is 15.8. The highest BCUT2D eigenvalue weighted by atomic mass is 19.4. The molecule has 0 unspecified atom stereocenters. The number of ether oxygens (including phenoxy) is 1. The summed E-state index contributed by atoms with van der Waals surface area (Å²) >= 11 is 0. The van der Waals surface area contributed by atoms with Crippen molar-refractivity contribution in [3.05, 3.63) is 122 Å². The molecule has 2 heterocycles. The highest BCUT2D eigenvalue weighted by Crippen LogP contribution is 2.38. The molecule has 1 aliphatic heterocycles. The lowest BCUT2D eigenvalue weighted by Gasteiger charge is -2.27. The lowest BCUT2D eigenvalue weighted by molar-refractivity contribution is -0.139. The lowest BCUT2D eigenvalue weighted by Crippen LogP contribution is -2.41. The summed E-state index contributed by atoms with van der Waals surface area (Å²) in [5.41, 5.74) is -1.29. The summed E-state index contributed by atoms with van der Waals surface area (Å²) in [5.74, 6) is -3.91. The molecular weight excluding hydrogens is 611 g/mol. The third-order valence-electron chi connectivity index (χ3n) is 8.03. The van der Waals surface area contributed by atoms with Crippen LogP contribution in [0.4, 0.5) is 22.0 Å². The monoisotopic (exact) mass is 640 g/mol. The van der Waals surface area contributed by atoms with Crippen LogP contribution in [0.15, 0.2) is 65.6 Å². The van der Waals surface area contributed by atoms with Gasteiger partial charge in [-0.15, -0.1) is 0 Å². The summed E-state index contributed by atoms with van der Waals surface area (Å²) in [6.07, 6.45) is -5.28. The first-order valence-corrected chi connectivity index (χ1v) is 14.4. The van der Waals surface area contributed by atoms with Gasteiger partial charge in [0.15, 0.2) is 0 Å². The Kier molecular flexibility index (Phi) is 8.74. The average Bonchev–Trinajstić information content (AvgIpc) is 2.98. The van der Waals surface area contributed by atoms with Crippen molar-refractivity contribution in [3.63, 3.8) is 0 Å². The van der Waals surface area contributed by atoms with Crippen molar-refractivity contribution < 1.29 is 41.4 Å². The second-order valence-electron chi connectivity index (χ2n) is 11.1. The molecule has 240 valence electrons. The number of carbonyl (C=O) groups is 2. The third-order valence-corrected chi connectivity index (χ3v) is 8.03. The van der Waals surface area contributed by atoms with Crippen LogP contribution >= 0.6 is 0 Å². The zero-order valence-corrected chi connectivity index (χ0v) is 25.0. The van der Waals surface area contributed by atoms with Crippen LogP contribution < -0.4 is 15.6 Å². The number of hydrogen-bond donors (Lipinski definition) is 2. The number of benzene rings is 3. The van der Waals surface area contributed by atoms with E-state index in [2.05, 4.69) is 5.32 Å². The van der Waals surface area contributed by atoms with Gasteiger partial charge in [-0.1, -0.05) is 25.1 Å². The fourth-order valence-corrected chi connectivity index (χ4v) is 5.87. The number of nitrogens with one attached hydrogen (secondary N) is 1. The van der Waals surface area contributed by atoms with Crippen LogP contribution in [0.3, 0.4) is 0 Å². The molecule has 3 aromatic carbocycles. The highest BCUT2D eigenvalue weighted by molar-refractivity contribution is 5.85. The van der Waals surface area contributed by atoms with Crippen LogP contribution in [-0.4, -0.2) is 21.6 Å². The van der Waals surface area contributed by atoms with Crippen LogP contribution in [0.5, 0.6) is 5.75 Å². The van der Waals surface area contributed by atoms with Crippen molar-refractivity contribution in [1.82, 2.24) is 9.88 Å². The molecule has 5 rings (SSSR count). The summed E-state index contributed by atoms with van der Waals surface area (Å²) in [6, 6.07) is 9.09. The van der Waals surface area contributed by atoms with E-state index < -0.39 is 64.9 Å². The third kappa shape index (κ3) is 6.11. The molecule has 0 radical (unpaired) electrons. The van der Waals surface area contributed by atoms with E-state index in [9.17, 15) is 32.7 Å². The molecule has 0 saturated carbocycles. The molecule has 2 N–H and O–H groups in total. The molecule has 1 aromatic heterocycles. The zero-order chi connectivity index (χ0) is 33.5. The average molecular weight is 641 g/mol. The molecule has 46 heavy (non-hydrogen) atoms. The van der Waals surface area contributed by atoms with Crippen LogP contribution in [0.25, 0.3) is 11.1 Å². The fourth-order valence-electron chi connectivity index (χ4n) is 5.87. The SMILES string of the molecule is CCc1c(C(F)(F)F)ccn([C@H]2C(=O)N[C@@H](CC(=O)O)c3cc(cc(C)c3F)-c3c(C)cccc3OCc3ccc(F)c2c3)c1=O. The largest absolute Gasteiger partial charge is 0.488 e. The molecule has 4 bridgehead atoms. The number of aromatic nitrogens is 1. The highest BCUT2D eigenvalue weighted by Gasteiger charge is 2.37. The molecule has 1 amide bonds. The van der Waals surface area contributed by atoms with E-state index in [-0.39, 0.29) is 29.7 Å². The van der Waals surface area contributed by atoms with Crippen LogP contribution in [0.2, 0.25) is 0 Å². The van der Waals surface area contributed by atoms with Crippen molar-refractivity contribution in [2.45, 2.75) is 58.5 Å². The smallest absolute Gasteiger partial charge is 0.416 e. The number of halogens is 5. The van der Waals surface area contributed by atoms with E-state index in [1.54, 1.807) is 18.2 Å². The first kappa shape index (κ1) is 32.4. The van der Waals surface area contributed by atoms with E-state index in [0.717, 1.165) is 17.8 Å². The maximum Gasteiger partial charge on any atom is 0.416 e. The van der Waals surface area contributed by atoms with Crippen LogP contribution in [0, 0.1) is 25.5 Å². The lowest BCUT2D eigenvalue weighted by atomic mass is 9.91. The predicted molar refractivity (Wildman–Crippen MR) is 158 cm³/mol. The number of nitrogens with zero attached hydrogens (tertiary/aromatic N) is 1. The van der Waals surface area contributed by atoms with E-state index in [0.29, 0.717) is 33.1 Å². The standard InChI is InChI=1S/C34H29F5N2O5/c1-4-21-24(34(37,38)39)10-11-41(33(21)45)31-22-13-19(8-9-25(22)35)16-46-27-7-5-6-17(2)29(27)20-12-18(3)30(36)23(14-20)26(15-28(42)43)40-32(31)44/h5-14,26,31H,4,15-16H2,1-3H3,(H,40,44)(H,42,43)/t26-,31+/m0/s1. The number of carboxylic acids is 1. The van der Waals surface area contributed by atoms with Gasteiger partial charge in [-0.2, -0.15) is 13.2 Å². The normalized spacial score (nSPS) is 16.6. The molecular formula is C34H29F5N2O5. The van der Waals surface area contributed by atoms with Crippen molar-refractivity contribution in [2.75, 3.05) is 0 Å². The number of hydrogen-bond acceptors (Lipinski definition) is 4. The Morgan fingerprint density at radius 1 is 1.02 bits per heavy atom. The van der Waals surface area contributed by atoms with Crippen molar-refractivity contribution in [1.29, 1.82) is 0 Å². The maximum absolute atomic E-state index is 15.8. The first-order chi connectivity index (χ1) is 21.7. The Morgan fingerprint density at radius 2 is 1.76 bits per heavy atom. The van der Waals surface area contributed by atoms with Gasteiger partial charge in [0.25, 0.3) is 5.56 Å². The minimum absolute atomic E-state index is 0.130. The number of aliphatic carboxylic acids is 1. The number of fused-ring (bicyclic) bond motifs is 6. The molecule has 1 aliphatic rings. The number of amides is 1. The van der Waals surface area contributed by atoms with Crippen molar-refractivity contribution in [3.8, 4) is 16.9 Å². The van der Waals surface area contributed by atoms with Gasteiger partial charge >= 0.3 is 12.1 Å². The molecule has 0 aliphatic carbocycles. The molecule has 0 spiro atoms. The van der Waals surface area contributed by atoms with E-state index in [1.165, 1.54) is 32.0 Å². The number of carbonyl (C=O) groups excluding carboxylic acids is 1. The molecule has 7 nitrogen and oxygen atoms in total. The van der Waals surface area contributed by atoms with Gasteiger partial charge in [0.05, 0.1) is 18.0 Å². The molecule has 0 fully saturated rings. The van der Waals surface area contributed by atoms with Gasteiger partial charge in [-0.05, 0) is 78.9 Å². The number of carboxylic acid groups (broad SMARTS) is 1. The number of pyridine rings is 1. The van der Waals surface area contributed by atoms with Crippen LogP contribution in [-0.2, 0) is 28.8 Å².